The number of pyridine rings is 2. The number of benzene rings is 1. The second-order valence-corrected chi connectivity index (χ2v) is 7.34. The third-order valence-electron chi connectivity index (χ3n) is 5.31. The van der Waals surface area contributed by atoms with Crippen molar-refractivity contribution in [1.82, 2.24) is 14.9 Å². The fraction of sp³-hybridized carbons (Fsp3) is 0.250. The summed E-state index contributed by atoms with van der Waals surface area (Å²) in [4.78, 5) is 10.7. The molecule has 0 N–H and O–H groups in total. The molecule has 0 amide bonds. The van der Waals surface area contributed by atoms with E-state index < -0.39 is 11.7 Å². The van der Waals surface area contributed by atoms with Crippen LogP contribution in [-0.4, -0.2) is 34.5 Å². The molecule has 0 aliphatic carbocycles. The number of halogens is 3. The Balaban J connectivity index is 1.40. The minimum atomic E-state index is -4.39. The molecule has 4 rings (SSSR count). The average molecular weight is 409 g/mol. The van der Waals surface area contributed by atoms with Gasteiger partial charge in [-0.25, -0.2) is 0 Å². The topological polar surface area (TPSA) is 29.0 Å². The minimum absolute atomic E-state index is 0.0627. The van der Waals surface area contributed by atoms with Crippen LogP contribution in [0.5, 0.6) is 0 Å². The summed E-state index contributed by atoms with van der Waals surface area (Å²) in [7, 11) is 0. The maximum absolute atomic E-state index is 13.3. The number of hydrogen-bond acceptors (Lipinski definition) is 3. The highest BCUT2D eigenvalue weighted by Gasteiger charge is 2.35. The Morgan fingerprint density at radius 3 is 2.53 bits per heavy atom. The van der Waals surface area contributed by atoms with Gasteiger partial charge in [-0.15, -0.1) is 0 Å². The molecule has 0 radical (unpaired) electrons. The normalized spacial score (nSPS) is 15.1. The quantitative estimate of drug-likeness (QED) is 0.558. The van der Waals surface area contributed by atoms with Gasteiger partial charge < -0.3 is 0 Å². The predicted octanol–water partition coefficient (Wildman–Crippen LogP) is 5.49. The summed E-state index contributed by atoms with van der Waals surface area (Å²) >= 11 is 0. The third kappa shape index (κ3) is 4.76. The van der Waals surface area contributed by atoms with Gasteiger partial charge in [-0.3, -0.25) is 14.9 Å². The Kier molecular flexibility index (Phi) is 5.95. The largest absolute Gasteiger partial charge is 0.418 e. The maximum atomic E-state index is 13.3. The first-order chi connectivity index (χ1) is 14.5. The van der Waals surface area contributed by atoms with Gasteiger partial charge in [-0.05, 0) is 54.3 Å². The first-order valence-electron chi connectivity index (χ1n) is 9.95. The van der Waals surface area contributed by atoms with E-state index in [9.17, 15) is 13.2 Å². The van der Waals surface area contributed by atoms with E-state index in [0.29, 0.717) is 18.5 Å². The molecule has 0 saturated heterocycles. The van der Waals surface area contributed by atoms with Crippen molar-refractivity contribution in [3.63, 3.8) is 0 Å². The van der Waals surface area contributed by atoms with Crippen LogP contribution in [0.15, 0.2) is 73.1 Å². The van der Waals surface area contributed by atoms with Crippen molar-refractivity contribution in [1.29, 1.82) is 0 Å². The van der Waals surface area contributed by atoms with E-state index in [1.165, 1.54) is 17.8 Å². The van der Waals surface area contributed by atoms with Gasteiger partial charge in [0, 0.05) is 37.6 Å². The molecular weight excluding hydrogens is 387 g/mol. The van der Waals surface area contributed by atoms with Crippen LogP contribution in [0.25, 0.3) is 16.8 Å². The molecule has 0 unspecified atom stereocenters. The van der Waals surface area contributed by atoms with E-state index in [0.717, 1.165) is 36.8 Å². The van der Waals surface area contributed by atoms with Crippen molar-refractivity contribution >= 4 is 5.57 Å². The molecule has 154 valence electrons. The highest BCUT2D eigenvalue weighted by molar-refractivity contribution is 5.66. The Morgan fingerprint density at radius 2 is 1.80 bits per heavy atom. The van der Waals surface area contributed by atoms with Crippen LogP contribution in [0.1, 0.15) is 23.2 Å². The number of alkyl halides is 3. The molecular formula is C24H22F3N3. The molecule has 0 bridgehead atoms. The molecule has 1 aliphatic rings. The smallest absolute Gasteiger partial charge is 0.299 e. The lowest BCUT2D eigenvalue weighted by Crippen LogP contribution is -2.31. The number of rotatable bonds is 5. The Bertz CT molecular complexity index is 1030. The Hall–Kier alpha value is -2.99. The van der Waals surface area contributed by atoms with Gasteiger partial charge in [0.2, 0.25) is 0 Å². The number of aromatic nitrogens is 2. The van der Waals surface area contributed by atoms with Crippen LogP contribution in [-0.2, 0) is 12.6 Å². The second kappa shape index (κ2) is 8.79. The maximum Gasteiger partial charge on any atom is 0.418 e. The first kappa shape index (κ1) is 20.3. The standard InChI is InChI=1S/C24H22F3N3/c25-24(26,27)21-7-4-13-29-23(21)19-10-15-30(16-11-19)14-9-18-5-3-6-20(17-18)22-8-1-2-12-28-22/h1-8,10,12-13,17H,9,11,14-16H2. The van der Waals surface area contributed by atoms with Crippen molar-refractivity contribution < 1.29 is 13.2 Å². The summed E-state index contributed by atoms with van der Waals surface area (Å²) in [5, 5.41) is 0. The Morgan fingerprint density at radius 1 is 0.933 bits per heavy atom. The van der Waals surface area contributed by atoms with Crippen LogP contribution in [0.3, 0.4) is 0 Å². The summed E-state index contributed by atoms with van der Waals surface area (Å²) in [6, 6.07) is 16.6. The fourth-order valence-electron chi connectivity index (χ4n) is 3.73. The van der Waals surface area contributed by atoms with Gasteiger partial charge >= 0.3 is 6.18 Å². The zero-order valence-corrected chi connectivity index (χ0v) is 16.4. The van der Waals surface area contributed by atoms with E-state index in [-0.39, 0.29) is 5.69 Å². The second-order valence-electron chi connectivity index (χ2n) is 7.34. The summed E-state index contributed by atoms with van der Waals surface area (Å²) < 4.78 is 39.8. The van der Waals surface area contributed by atoms with Gasteiger partial charge in [0.05, 0.1) is 17.0 Å². The van der Waals surface area contributed by atoms with Crippen LogP contribution in [0, 0.1) is 0 Å². The third-order valence-corrected chi connectivity index (χ3v) is 5.31. The monoisotopic (exact) mass is 409 g/mol. The molecule has 0 saturated carbocycles. The van der Waals surface area contributed by atoms with Crippen molar-refractivity contribution in [2.45, 2.75) is 19.0 Å². The summed E-state index contributed by atoms with van der Waals surface area (Å²) in [6.45, 7) is 2.20. The molecule has 30 heavy (non-hydrogen) atoms. The molecule has 0 fully saturated rings. The summed E-state index contributed by atoms with van der Waals surface area (Å²) in [5.41, 5.74) is 3.33. The van der Waals surface area contributed by atoms with Crippen molar-refractivity contribution in [3.05, 3.63) is 89.9 Å². The molecule has 6 heteroatoms. The van der Waals surface area contributed by atoms with E-state index >= 15 is 0 Å². The van der Waals surface area contributed by atoms with Gasteiger partial charge in [0.25, 0.3) is 0 Å². The highest BCUT2D eigenvalue weighted by atomic mass is 19.4. The van der Waals surface area contributed by atoms with E-state index in [2.05, 4.69) is 27.0 Å². The minimum Gasteiger partial charge on any atom is -0.299 e. The molecule has 3 aromatic rings. The lowest BCUT2D eigenvalue weighted by molar-refractivity contribution is -0.138. The van der Waals surface area contributed by atoms with Gasteiger partial charge in [-0.1, -0.05) is 30.3 Å². The fourth-order valence-corrected chi connectivity index (χ4v) is 3.73. The lowest BCUT2D eigenvalue weighted by Gasteiger charge is -2.27. The molecule has 0 atom stereocenters. The molecule has 1 aliphatic heterocycles. The first-order valence-corrected chi connectivity index (χ1v) is 9.95. The summed E-state index contributed by atoms with van der Waals surface area (Å²) in [5.74, 6) is 0. The molecule has 1 aromatic carbocycles. The predicted molar refractivity (Wildman–Crippen MR) is 112 cm³/mol. The zero-order valence-electron chi connectivity index (χ0n) is 16.4. The van der Waals surface area contributed by atoms with Gasteiger partial charge in [-0.2, -0.15) is 13.2 Å². The van der Waals surface area contributed by atoms with Crippen LogP contribution in [0.2, 0.25) is 0 Å². The molecule has 3 heterocycles. The van der Waals surface area contributed by atoms with Crippen molar-refractivity contribution in [3.8, 4) is 11.3 Å². The van der Waals surface area contributed by atoms with Crippen LogP contribution in [0.4, 0.5) is 13.2 Å². The van der Waals surface area contributed by atoms with Crippen molar-refractivity contribution in [2.75, 3.05) is 19.6 Å². The SMILES string of the molecule is FC(F)(F)c1cccnc1C1=CCN(CCc2cccc(-c3ccccn3)c2)CC1. The Labute approximate surface area is 173 Å². The molecule has 0 spiro atoms. The molecule has 3 nitrogen and oxygen atoms in total. The van der Waals surface area contributed by atoms with Gasteiger partial charge in [0.1, 0.15) is 0 Å². The van der Waals surface area contributed by atoms with Crippen LogP contribution < -0.4 is 0 Å². The number of hydrogen-bond donors (Lipinski definition) is 0. The highest BCUT2D eigenvalue weighted by Crippen LogP contribution is 2.35. The van der Waals surface area contributed by atoms with Crippen LogP contribution >= 0.6 is 0 Å². The average Bonchev–Trinajstić information content (AvgIpc) is 2.78. The zero-order chi connectivity index (χ0) is 21.0. The van der Waals surface area contributed by atoms with E-state index in [1.54, 1.807) is 6.20 Å². The van der Waals surface area contributed by atoms with E-state index in [1.807, 2.05) is 36.4 Å². The van der Waals surface area contributed by atoms with Gasteiger partial charge in [0.15, 0.2) is 0 Å². The van der Waals surface area contributed by atoms with Crippen molar-refractivity contribution in [2.24, 2.45) is 0 Å². The molecule has 2 aromatic heterocycles. The number of nitrogens with zero attached hydrogens (tertiary/aromatic N) is 3. The van der Waals surface area contributed by atoms with E-state index in [4.69, 9.17) is 0 Å². The lowest BCUT2D eigenvalue weighted by atomic mass is 9.99. The summed E-state index contributed by atoms with van der Waals surface area (Å²) in [6.07, 6.45) is 2.14.